The van der Waals surface area contributed by atoms with Crippen LogP contribution in [0.15, 0.2) is 72.3 Å². The average Bonchev–Trinajstić information content (AvgIpc) is 2.83. The number of para-hydroxylation sites is 2. The predicted molar refractivity (Wildman–Crippen MR) is 145 cm³/mol. The molecule has 3 amide bonds. The van der Waals surface area contributed by atoms with Crippen molar-refractivity contribution in [3.63, 3.8) is 0 Å². The predicted octanol–water partition coefficient (Wildman–Crippen LogP) is 5.50. The number of thiocarbonyl (C=S) groups is 1. The number of ether oxygens (including phenoxy) is 1. The zero-order valence-electron chi connectivity index (χ0n) is 18.3. The van der Waals surface area contributed by atoms with Crippen molar-refractivity contribution >= 4 is 87.3 Å². The van der Waals surface area contributed by atoms with E-state index in [0.29, 0.717) is 22.0 Å². The molecule has 3 aromatic rings. The van der Waals surface area contributed by atoms with Crippen LogP contribution in [0.4, 0.5) is 11.4 Å². The van der Waals surface area contributed by atoms with Crippen molar-refractivity contribution in [2.24, 2.45) is 0 Å². The van der Waals surface area contributed by atoms with Gasteiger partial charge in [0, 0.05) is 0 Å². The fourth-order valence-corrected chi connectivity index (χ4v) is 4.40. The van der Waals surface area contributed by atoms with Gasteiger partial charge in [0.15, 0.2) is 17.5 Å². The van der Waals surface area contributed by atoms with E-state index in [9.17, 15) is 14.4 Å². The van der Waals surface area contributed by atoms with E-state index in [2.05, 4.69) is 10.6 Å². The van der Waals surface area contributed by atoms with Gasteiger partial charge >= 0.3 is 0 Å². The highest BCUT2D eigenvalue weighted by molar-refractivity contribution is 7.80. The summed E-state index contributed by atoms with van der Waals surface area (Å²) in [7, 11) is 0. The first-order valence-electron chi connectivity index (χ1n) is 10.4. The molecule has 0 saturated carbocycles. The Labute approximate surface area is 226 Å². The van der Waals surface area contributed by atoms with Crippen LogP contribution < -0.4 is 20.3 Å². The van der Waals surface area contributed by atoms with E-state index in [4.69, 9.17) is 51.8 Å². The Morgan fingerprint density at radius 3 is 2.28 bits per heavy atom. The van der Waals surface area contributed by atoms with Gasteiger partial charge in [0.25, 0.3) is 17.7 Å². The van der Waals surface area contributed by atoms with Gasteiger partial charge in [-0.05, 0) is 60.3 Å². The zero-order valence-corrected chi connectivity index (χ0v) is 21.3. The second-order valence-corrected chi connectivity index (χ2v) is 9.03. The Balaban J connectivity index is 1.52. The van der Waals surface area contributed by atoms with Crippen LogP contribution in [0.3, 0.4) is 0 Å². The molecule has 0 radical (unpaired) electrons. The summed E-state index contributed by atoms with van der Waals surface area (Å²) in [4.78, 5) is 39.1. The number of benzene rings is 3. The average molecular weight is 561 g/mol. The fourth-order valence-electron chi connectivity index (χ4n) is 3.32. The summed E-state index contributed by atoms with van der Waals surface area (Å²) in [6.45, 7) is -0.379. The van der Waals surface area contributed by atoms with Crippen molar-refractivity contribution in [2.75, 3.05) is 16.8 Å². The molecule has 1 aliphatic heterocycles. The molecule has 7 nitrogen and oxygen atoms in total. The number of anilines is 2. The largest absolute Gasteiger partial charge is 0.481 e. The third kappa shape index (κ3) is 5.68. The molecule has 4 rings (SSSR count). The molecule has 0 unspecified atom stereocenters. The van der Waals surface area contributed by atoms with Crippen LogP contribution in [-0.2, 0) is 14.4 Å². The molecule has 36 heavy (non-hydrogen) atoms. The highest BCUT2D eigenvalue weighted by Crippen LogP contribution is 2.35. The van der Waals surface area contributed by atoms with Crippen LogP contribution in [0.1, 0.15) is 5.56 Å². The van der Waals surface area contributed by atoms with Crippen LogP contribution in [0.25, 0.3) is 6.08 Å². The van der Waals surface area contributed by atoms with Crippen molar-refractivity contribution in [3.8, 4) is 5.75 Å². The van der Waals surface area contributed by atoms with E-state index < -0.39 is 17.7 Å². The number of hydrogen-bond acceptors (Lipinski definition) is 5. The first-order valence-corrected chi connectivity index (χ1v) is 11.9. The number of amides is 3. The Kier molecular flexibility index (Phi) is 7.91. The summed E-state index contributed by atoms with van der Waals surface area (Å²) in [6.07, 6.45) is 1.35. The Bertz CT molecular complexity index is 1390. The van der Waals surface area contributed by atoms with Crippen molar-refractivity contribution in [3.05, 3.63) is 92.9 Å². The minimum Gasteiger partial charge on any atom is -0.481 e. The van der Waals surface area contributed by atoms with Gasteiger partial charge < -0.3 is 10.1 Å². The van der Waals surface area contributed by atoms with E-state index in [1.54, 1.807) is 54.6 Å². The molecule has 0 bridgehead atoms. The summed E-state index contributed by atoms with van der Waals surface area (Å²) < 4.78 is 5.51. The Morgan fingerprint density at radius 2 is 1.61 bits per heavy atom. The fraction of sp³-hybridized carbons (Fsp3) is 0.0400. The van der Waals surface area contributed by atoms with Gasteiger partial charge in [-0.3, -0.25) is 24.6 Å². The lowest BCUT2D eigenvalue weighted by atomic mass is 10.1. The molecule has 1 fully saturated rings. The molecule has 1 heterocycles. The van der Waals surface area contributed by atoms with Crippen LogP contribution in [-0.4, -0.2) is 29.4 Å². The van der Waals surface area contributed by atoms with E-state index in [1.165, 1.54) is 23.1 Å². The standard InChI is InChI=1S/C25H16Cl3N3O4S/c26-17-8-4-5-9-20(17)29-21(32)13-35-22-18(27)11-14(12-19(22)28)10-16-23(33)30-25(36)31(24(16)34)15-6-2-1-3-7-15/h1-12H,13H2,(H,29,32)(H,30,33,36)/b16-10-. The highest BCUT2D eigenvalue weighted by Gasteiger charge is 2.34. The second kappa shape index (κ2) is 11.1. The number of carbonyl (C=O) groups is 3. The number of nitrogens with zero attached hydrogens (tertiary/aromatic N) is 1. The minimum absolute atomic E-state index is 0.0248. The Morgan fingerprint density at radius 1 is 0.972 bits per heavy atom. The molecule has 182 valence electrons. The molecule has 11 heteroatoms. The number of halogens is 3. The molecule has 0 aliphatic carbocycles. The number of rotatable bonds is 6. The molecule has 3 aromatic carbocycles. The maximum atomic E-state index is 13.1. The molecule has 0 atom stereocenters. The monoisotopic (exact) mass is 559 g/mol. The quantitative estimate of drug-likeness (QED) is 0.236. The van der Waals surface area contributed by atoms with Gasteiger partial charge in [-0.15, -0.1) is 0 Å². The van der Waals surface area contributed by atoms with Crippen molar-refractivity contribution in [2.45, 2.75) is 0 Å². The number of carbonyl (C=O) groups excluding carboxylic acids is 3. The normalized spacial score (nSPS) is 14.6. The lowest BCUT2D eigenvalue weighted by molar-refractivity contribution is -0.122. The summed E-state index contributed by atoms with van der Waals surface area (Å²) in [5.74, 6) is -1.65. The molecule has 0 aromatic heterocycles. The molecular formula is C25H16Cl3N3O4S. The van der Waals surface area contributed by atoms with Crippen LogP contribution in [0.5, 0.6) is 5.75 Å². The molecule has 1 aliphatic rings. The second-order valence-electron chi connectivity index (χ2n) is 7.42. The molecular weight excluding hydrogens is 545 g/mol. The summed E-state index contributed by atoms with van der Waals surface area (Å²) >= 11 is 23.9. The summed E-state index contributed by atoms with van der Waals surface area (Å²) in [5.41, 5.74) is 1.16. The topological polar surface area (TPSA) is 87.7 Å². The lowest BCUT2D eigenvalue weighted by Gasteiger charge is -2.28. The highest BCUT2D eigenvalue weighted by atomic mass is 35.5. The van der Waals surface area contributed by atoms with Gasteiger partial charge in [0.05, 0.1) is 26.4 Å². The van der Waals surface area contributed by atoms with Gasteiger partial charge in [0.1, 0.15) is 5.57 Å². The van der Waals surface area contributed by atoms with E-state index in [1.807, 2.05) is 0 Å². The van der Waals surface area contributed by atoms with Crippen LogP contribution >= 0.6 is 47.0 Å². The first-order chi connectivity index (χ1) is 17.2. The maximum absolute atomic E-state index is 13.1. The molecule has 1 saturated heterocycles. The Hall–Kier alpha value is -3.43. The van der Waals surface area contributed by atoms with Crippen molar-refractivity contribution < 1.29 is 19.1 Å². The zero-order chi connectivity index (χ0) is 25.8. The van der Waals surface area contributed by atoms with Gasteiger partial charge in [-0.1, -0.05) is 65.1 Å². The van der Waals surface area contributed by atoms with Crippen molar-refractivity contribution in [1.82, 2.24) is 5.32 Å². The van der Waals surface area contributed by atoms with Crippen LogP contribution in [0.2, 0.25) is 15.1 Å². The number of hydrogen-bond donors (Lipinski definition) is 2. The van der Waals surface area contributed by atoms with Gasteiger partial charge in [0.2, 0.25) is 0 Å². The minimum atomic E-state index is -0.652. The molecule has 0 spiro atoms. The summed E-state index contributed by atoms with van der Waals surface area (Å²) in [6, 6.07) is 18.4. The van der Waals surface area contributed by atoms with Crippen molar-refractivity contribution in [1.29, 1.82) is 0 Å². The number of nitrogens with one attached hydrogen (secondary N) is 2. The summed E-state index contributed by atoms with van der Waals surface area (Å²) in [5, 5.41) is 5.66. The molecule has 2 N–H and O–H groups in total. The first kappa shape index (κ1) is 25.7. The van der Waals surface area contributed by atoms with E-state index in [0.717, 1.165) is 0 Å². The van der Waals surface area contributed by atoms with E-state index >= 15 is 0 Å². The van der Waals surface area contributed by atoms with Gasteiger partial charge in [-0.25, -0.2) is 0 Å². The van der Waals surface area contributed by atoms with E-state index in [-0.39, 0.29) is 33.1 Å². The van der Waals surface area contributed by atoms with Crippen LogP contribution in [0, 0.1) is 0 Å². The third-order valence-corrected chi connectivity index (χ3v) is 6.12. The SMILES string of the molecule is O=C(COc1c(Cl)cc(/C=C2/C(=O)NC(=S)N(c3ccccc3)C2=O)cc1Cl)Nc1ccccc1Cl. The smallest absolute Gasteiger partial charge is 0.270 e. The third-order valence-electron chi connectivity index (χ3n) is 4.94. The lowest BCUT2D eigenvalue weighted by Crippen LogP contribution is -2.54. The maximum Gasteiger partial charge on any atom is 0.270 e. The van der Waals surface area contributed by atoms with Gasteiger partial charge in [-0.2, -0.15) is 0 Å².